The van der Waals surface area contributed by atoms with Crippen LogP contribution >= 0.6 is 11.3 Å². The average molecular weight is 258 g/mol. The van der Waals surface area contributed by atoms with Crippen LogP contribution in [-0.2, 0) is 12.8 Å². The summed E-state index contributed by atoms with van der Waals surface area (Å²) in [6, 6.07) is 10.7. The maximum absolute atomic E-state index is 5.91. The van der Waals surface area contributed by atoms with Crippen LogP contribution in [0.1, 0.15) is 16.9 Å². The molecule has 0 spiro atoms. The fourth-order valence-corrected chi connectivity index (χ4v) is 3.30. The van der Waals surface area contributed by atoms with Gasteiger partial charge in [0.15, 0.2) is 0 Å². The highest BCUT2D eigenvalue weighted by molar-refractivity contribution is 7.09. The van der Waals surface area contributed by atoms with Gasteiger partial charge in [-0.25, -0.2) is 0 Å². The van der Waals surface area contributed by atoms with E-state index in [4.69, 9.17) is 5.73 Å². The van der Waals surface area contributed by atoms with Crippen molar-refractivity contribution >= 4 is 22.7 Å². The zero-order valence-electron chi connectivity index (χ0n) is 10.4. The van der Waals surface area contributed by atoms with E-state index in [1.54, 1.807) is 0 Å². The standard InChI is InChI=1S/C15H18N2S/c16-13-6-5-12-3-1-8-17(15(12)11-13)9-7-14-4-2-10-18-14/h2,4-6,10-11H,1,3,7-9,16H2. The van der Waals surface area contributed by atoms with E-state index in [-0.39, 0.29) is 0 Å². The van der Waals surface area contributed by atoms with Gasteiger partial charge >= 0.3 is 0 Å². The van der Waals surface area contributed by atoms with Crippen molar-refractivity contribution in [3.05, 3.63) is 46.2 Å². The van der Waals surface area contributed by atoms with Crippen molar-refractivity contribution in [3.63, 3.8) is 0 Å². The smallest absolute Gasteiger partial charge is 0.0419 e. The van der Waals surface area contributed by atoms with Gasteiger partial charge in [0.25, 0.3) is 0 Å². The molecule has 2 nitrogen and oxygen atoms in total. The molecule has 94 valence electrons. The number of thiophene rings is 1. The average Bonchev–Trinajstić information content (AvgIpc) is 2.89. The Hall–Kier alpha value is -1.48. The third kappa shape index (κ3) is 2.36. The summed E-state index contributed by atoms with van der Waals surface area (Å²) in [6.45, 7) is 2.25. The molecule has 0 amide bonds. The van der Waals surface area contributed by atoms with Crippen LogP contribution < -0.4 is 10.6 Å². The molecule has 2 N–H and O–H groups in total. The zero-order chi connectivity index (χ0) is 12.4. The first-order valence-corrected chi connectivity index (χ1v) is 7.36. The molecule has 0 bridgehead atoms. The van der Waals surface area contributed by atoms with Crippen LogP contribution in [0.3, 0.4) is 0 Å². The monoisotopic (exact) mass is 258 g/mol. The number of nitrogen functional groups attached to an aromatic ring is 1. The van der Waals surface area contributed by atoms with Crippen molar-refractivity contribution in [1.29, 1.82) is 0 Å². The lowest BCUT2D eigenvalue weighted by atomic mass is 10.0. The van der Waals surface area contributed by atoms with Crippen LogP contribution in [0.25, 0.3) is 0 Å². The lowest BCUT2D eigenvalue weighted by Crippen LogP contribution is -2.31. The molecule has 0 radical (unpaired) electrons. The van der Waals surface area contributed by atoms with E-state index >= 15 is 0 Å². The van der Waals surface area contributed by atoms with Gasteiger partial charge in [0, 0.05) is 29.3 Å². The lowest BCUT2D eigenvalue weighted by Gasteiger charge is -2.31. The Bertz CT molecular complexity index is 519. The molecule has 1 aromatic heterocycles. The molecule has 1 aliphatic rings. The number of fused-ring (bicyclic) bond motifs is 1. The summed E-state index contributed by atoms with van der Waals surface area (Å²) < 4.78 is 0. The molecule has 2 aromatic rings. The molecule has 0 atom stereocenters. The third-order valence-electron chi connectivity index (χ3n) is 3.53. The first-order valence-electron chi connectivity index (χ1n) is 6.49. The summed E-state index contributed by atoms with van der Waals surface area (Å²) in [5, 5.41) is 2.15. The van der Waals surface area contributed by atoms with Gasteiger partial charge in [-0.1, -0.05) is 12.1 Å². The number of nitrogens with two attached hydrogens (primary N) is 1. The highest BCUT2D eigenvalue weighted by Gasteiger charge is 2.16. The van der Waals surface area contributed by atoms with E-state index in [9.17, 15) is 0 Å². The summed E-state index contributed by atoms with van der Waals surface area (Å²) in [6.07, 6.45) is 3.57. The topological polar surface area (TPSA) is 29.3 Å². The second-order valence-electron chi connectivity index (χ2n) is 4.81. The van der Waals surface area contributed by atoms with Crippen LogP contribution in [0.5, 0.6) is 0 Å². The van der Waals surface area contributed by atoms with E-state index in [1.807, 2.05) is 17.4 Å². The molecular weight excluding hydrogens is 240 g/mol. The Morgan fingerprint density at radius 2 is 2.22 bits per heavy atom. The summed E-state index contributed by atoms with van der Waals surface area (Å²) >= 11 is 1.84. The van der Waals surface area contributed by atoms with Crippen molar-refractivity contribution in [2.75, 3.05) is 23.7 Å². The minimum Gasteiger partial charge on any atom is -0.399 e. The van der Waals surface area contributed by atoms with Gasteiger partial charge in [-0.15, -0.1) is 11.3 Å². The quantitative estimate of drug-likeness (QED) is 0.856. The number of rotatable bonds is 3. The van der Waals surface area contributed by atoms with Gasteiger partial charge in [-0.3, -0.25) is 0 Å². The molecule has 2 heterocycles. The fourth-order valence-electron chi connectivity index (χ4n) is 2.60. The van der Waals surface area contributed by atoms with Crippen LogP contribution in [0, 0.1) is 0 Å². The van der Waals surface area contributed by atoms with E-state index in [0.29, 0.717) is 0 Å². The lowest BCUT2D eigenvalue weighted by molar-refractivity contribution is 0.690. The molecule has 0 unspecified atom stereocenters. The molecule has 0 aliphatic carbocycles. The first kappa shape index (κ1) is 11.6. The number of aryl methyl sites for hydroxylation is 1. The third-order valence-corrected chi connectivity index (χ3v) is 4.47. The van der Waals surface area contributed by atoms with Crippen LogP contribution in [0.4, 0.5) is 11.4 Å². The van der Waals surface area contributed by atoms with Crippen molar-refractivity contribution in [2.24, 2.45) is 0 Å². The van der Waals surface area contributed by atoms with E-state index < -0.39 is 0 Å². The highest BCUT2D eigenvalue weighted by atomic mass is 32.1. The van der Waals surface area contributed by atoms with Crippen LogP contribution in [0.15, 0.2) is 35.7 Å². The summed E-state index contributed by atoms with van der Waals surface area (Å²) in [4.78, 5) is 3.94. The van der Waals surface area contributed by atoms with Gasteiger partial charge in [-0.05, 0) is 48.4 Å². The zero-order valence-corrected chi connectivity index (χ0v) is 11.2. The van der Waals surface area contributed by atoms with Crippen LogP contribution in [-0.4, -0.2) is 13.1 Å². The largest absolute Gasteiger partial charge is 0.399 e. The first-order chi connectivity index (χ1) is 8.83. The van der Waals surface area contributed by atoms with Gasteiger partial charge in [-0.2, -0.15) is 0 Å². The molecule has 3 heteroatoms. The predicted molar refractivity (Wildman–Crippen MR) is 79.4 cm³/mol. The second-order valence-corrected chi connectivity index (χ2v) is 5.84. The minimum absolute atomic E-state index is 0.872. The molecule has 3 rings (SSSR count). The maximum Gasteiger partial charge on any atom is 0.0419 e. The van der Waals surface area contributed by atoms with E-state index in [0.717, 1.165) is 25.2 Å². The minimum atomic E-state index is 0.872. The SMILES string of the molecule is Nc1ccc2c(c1)N(CCc1cccs1)CCC2. The summed E-state index contributed by atoms with van der Waals surface area (Å²) in [7, 11) is 0. The van der Waals surface area contributed by atoms with E-state index in [2.05, 4.69) is 34.5 Å². The highest BCUT2D eigenvalue weighted by Crippen LogP contribution is 2.29. The second kappa shape index (κ2) is 5.02. The molecule has 1 aliphatic heterocycles. The van der Waals surface area contributed by atoms with Crippen LogP contribution in [0.2, 0.25) is 0 Å². The number of nitrogens with zero attached hydrogens (tertiary/aromatic N) is 1. The number of benzene rings is 1. The van der Waals surface area contributed by atoms with Crippen molar-refractivity contribution in [2.45, 2.75) is 19.3 Å². The van der Waals surface area contributed by atoms with Gasteiger partial charge in [0.2, 0.25) is 0 Å². The number of hydrogen-bond acceptors (Lipinski definition) is 3. The van der Waals surface area contributed by atoms with E-state index in [1.165, 1.54) is 29.0 Å². The Morgan fingerprint density at radius 1 is 1.28 bits per heavy atom. The number of hydrogen-bond donors (Lipinski definition) is 1. The molecule has 18 heavy (non-hydrogen) atoms. The van der Waals surface area contributed by atoms with Crippen molar-refractivity contribution in [3.8, 4) is 0 Å². The Morgan fingerprint density at radius 3 is 3.06 bits per heavy atom. The molecular formula is C15H18N2S. The molecule has 0 fully saturated rings. The number of anilines is 2. The van der Waals surface area contributed by atoms with Gasteiger partial charge in [0.1, 0.15) is 0 Å². The summed E-state index contributed by atoms with van der Waals surface area (Å²) in [5.74, 6) is 0. The Kier molecular flexibility index (Phi) is 3.24. The maximum atomic E-state index is 5.91. The van der Waals surface area contributed by atoms with Gasteiger partial charge < -0.3 is 10.6 Å². The van der Waals surface area contributed by atoms with Crippen molar-refractivity contribution in [1.82, 2.24) is 0 Å². The summed E-state index contributed by atoms with van der Waals surface area (Å²) in [5.41, 5.74) is 9.57. The van der Waals surface area contributed by atoms with Crippen molar-refractivity contribution < 1.29 is 0 Å². The Balaban J connectivity index is 1.76. The molecule has 1 aromatic carbocycles. The fraction of sp³-hybridized carbons (Fsp3) is 0.333. The normalized spacial score (nSPS) is 14.6. The Labute approximate surface area is 112 Å². The molecule has 0 saturated carbocycles. The van der Waals surface area contributed by atoms with Gasteiger partial charge in [0.05, 0.1) is 0 Å². The predicted octanol–water partition coefficient (Wildman–Crippen LogP) is 3.33. The molecule has 0 saturated heterocycles.